The van der Waals surface area contributed by atoms with E-state index in [1.54, 1.807) is 0 Å². The fourth-order valence-corrected chi connectivity index (χ4v) is 5.34. The van der Waals surface area contributed by atoms with Crippen molar-refractivity contribution in [3.8, 4) is 0 Å². The van der Waals surface area contributed by atoms with Crippen LogP contribution in [0.5, 0.6) is 0 Å². The van der Waals surface area contributed by atoms with E-state index in [-0.39, 0.29) is 0 Å². The van der Waals surface area contributed by atoms with Gasteiger partial charge in [-0.05, 0) is 76.5 Å². The van der Waals surface area contributed by atoms with Crippen molar-refractivity contribution in [3.05, 3.63) is 0 Å². The van der Waals surface area contributed by atoms with E-state index in [1.165, 1.54) is 20.3 Å². The molecule has 0 N–H and O–H groups in total. The minimum absolute atomic E-state index is 0.316. The Morgan fingerprint density at radius 3 is 2.11 bits per heavy atom. The van der Waals surface area contributed by atoms with Crippen molar-refractivity contribution < 1.29 is 42.5 Å². The Kier molecular flexibility index (Phi) is 5.97. The number of alkyl halides is 2. The van der Waals surface area contributed by atoms with Crippen molar-refractivity contribution in [2.24, 2.45) is 29.1 Å². The molecule has 0 atom stereocenters. The number of rotatable bonds is 8. The molecule has 4 rings (SSSR count). The van der Waals surface area contributed by atoms with E-state index in [1.807, 2.05) is 6.92 Å². The molecule has 4 fully saturated rings. The fourth-order valence-electron chi connectivity index (χ4n) is 5.10. The minimum atomic E-state index is -4.14. The lowest BCUT2D eigenvalue weighted by molar-refractivity contribution is -0.777. The van der Waals surface area contributed by atoms with E-state index in [0.717, 1.165) is 25.7 Å². The smallest absolute Gasteiger partial charge is 0.415 e. The Morgan fingerprint density at radius 1 is 1.07 bits per heavy atom. The van der Waals surface area contributed by atoms with Gasteiger partial charge in [-0.25, -0.2) is 4.79 Å². The van der Waals surface area contributed by atoms with E-state index in [0.29, 0.717) is 23.7 Å². The molecule has 0 radical (unpaired) electrons. The van der Waals surface area contributed by atoms with Crippen LogP contribution in [-0.2, 0) is 28.4 Å². The molecule has 4 bridgehead atoms. The summed E-state index contributed by atoms with van der Waals surface area (Å²) in [5.41, 5.74) is -1.87. The number of halogens is 2. The Labute approximate surface area is 166 Å². The van der Waals surface area contributed by atoms with Gasteiger partial charge >= 0.3 is 17.2 Å². The normalized spacial score (nSPS) is 34.4. The number of carbonyl (C=O) groups is 2. The zero-order valence-electron chi connectivity index (χ0n) is 16.1. The van der Waals surface area contributed by atoms with E-state index >= 15 is 0 Å². The monoisotopic (exact) mass is 423 g/mol. The van der Waals surface area contributed by atoms with Crippen LogP contribution in [0.3, 0.4) is 0 Å². The van der Waals surface area contributed by atoms with Gasteiger partial charge < -0.3 is 14.7 Å². The number of hydrogen-bond donors (Lipinski definition) is 0. The quantitative estimate of drug-likeness (QED) is 0.255. The lowest BCUT2D eigenvalue weighted by Gasteiger charge is -2.59. The molecule has 0 amide bonds. The third-order valence-electron chi connectivity index (χ3n) is 6.59. The molecule has 0 aromatic carbocycles. The SMILES string of the molecule is CC(C)(COC(=O)C(F)(F)SOO[O-])C(=O)OC1(C)C2CC3CC(C2)CC1C3. The van der Waals surface area contributed by atoms with E-state index < -0.39 is 46.9 Å². The molecular weight excluding hydrogens is 398 g/mol. The first kappa shape index (κ1) is 21.7. The van der Waals surface area contributed by atoms with Crippen LogP contribution in [0.4, 0.5) is 8.78 Å². The van der Waals surface area contributed by atoms with Gasteiger partial charge in [-0.2, -0.15) is 13.1 Å². The second kappa shape index (κ2) is 7.70. The Bertz CT molecular complexity index is 597. The Balaban J connectivity index is 1.58. The van der Waals surface area contributed by atoms with Gasteiger partial charge in [0.05, 0.1) is 5.41 Å². The van der Waals surface area contributed by atoms with Crippen molar-refractivity contribution in [1.82, 2.24) is 0 Å². The molecule has 0 aromatic rings. The molecular formula is C18H25F2O7S-. The van der Waals surface area contributed by atoms with Crippen molar-refractivity contribution in [2.75, 3.05) is 6.61 Å². The molecule has 4 aliphatic carbocycles. The third kappa shape index (κ3) is 4.15. The van der Waals surface area contributed by atoms with Gasteiger partial charge in [0, 0.05) is 0 Å². The summed E-state index contributed by atoms with van der Waals surface area (Å²) in [6.45, 7) is 4.34. The first-order valence-corrected chi connectivity index (χ1v) is 10.1. The van der Waals surface area contributed by atoms with Crippen LogP contribution < -0.4 is 5.26 Å². The van der Waals surface area contributed by atoms with Gasteiger partial charge in [-0.3, -0.25) is 9.83 Å². The summed E-state index contributed by atoms with van der Waals surface area (Å²) < 4.78 is 40.9. The van der Waals surface area contributed by atoms with E-state index in [4.69, 9.17) is 4.74 Å². The largest absolute Gasteiger partial charge is 0.691 e. The zero-order chi connectivity index (χ0) is 20.7. The molecule has 0 unspecified atom stereocenters. The molecule has 0 aliphatic heterocycles. The standard InChI is InChI=1S/C18H26F2O7S/c1-16(2,9-24-15(22)18(19,20)28-27-26-23)14(21)25-17(3)12-5-10-4-11(7-12)8-13(17)6-10/h10-13,23H,4-9H2,1-3H3/p-1. The van der Waals surface area contributed by atoms with Crippen LogP contribution in [0.15, 0.2) is 0 Å². The van der Waals surface area contributed by atoms with Crippen LogP contribution in [0.25, 0.3) is 0 Å². The van der Waals surface area contributed by atoms with Crippen LogP contribution >= 0.6 is 12.0 Å². The van der Waals surface area contributed by atoms with Crippen LogP contribution in [0.2, 0.25) is 0 Å². The lowest BCUT2D eigenvalue weighted by Crippen LogP contribution is -2.59. The minimum Gasteiger partial charge on any atom is -0.691 e. The zero-order valence-corrected chi connectivity index (χ0v) is 16.9. The van der Waals surface area contributed by atoms with Crippen molar-refractivity contribution in [1.29, 1.82) is 0 Å². The van der Waals surface area contributed by atoms with Gasteiger partial charge in [-0.1, -0.05) is 0 Å². The lowest BCUT2D eigenvalue weighted by atomic mass is 9.50. The summed E-state index contributed by atoms with van der Waals surface area (Å²) in [5, 5.41) is 8.30. The van der Waals surface area contributed by atoms with Crippen molar-refractivity contribution in [2.45, 2.75) is 63.7 Å². The molecule has 4 saturated carbocycles. The molecule has 0 saturated heterocycles. The predicted molar refractivity (Wildman–Crippen MR) is 91.0 cm³/mol. The molecule has 0 spiro atoms. The van der Waals surface area contributed by atoms with E-state index in [9.17, 15) is 23.6 Å². The predicted octanol–water partition coefficient (Wildman–Crippen LogP) is 2.78. The average Bonchev–Trinajstić information content (AvgIpc) is 2.62. The summed E-state index contributed by atoms with van der Waals surface area (Å²) in [6, 6.07) is 0. The molecule has 28 heavy (non-hydrogen) atoms. The topological polar surface area (TPSA) is 94.1 Å². The number of esters is 2. The summed E-state index contributed by atoms with van der Waals surface area (Å²) in [7, 11) is 0. The summed E-state index contributed by atoms with van der Waals surface area (Å²) in [6.07, 6.45) is 5.48. The summed E-state index contributed by atoms with van der Waals surface area (Å²) in [5.74, 6) is -0.458. The fraction of sp³-hybridized carbons (Fsp3) is 0.889. The number of hydrogen-bond acceptors (Lipinski definition) is 8. The van der Waals surface area contributed by atoms with Crippen molar-refractivity contribution >= 4 is 24.0 Å². The molecule has 0 aromatic heterocycles. The molecule has 160 valence electrons. The number of ether oxygens (including phenoxy) is 2. The summed E-state index contributed by atoms with van der Waals surface area (Å²) in [4.78, 5) is 24.3. The summed E-state index contributed by atoms with van der Waals surface area (Å²) >= 11 is -0.770. The molecule has 4 aliphatic rings. The molecule has 0 heterocycles. The highest BCUT2D eigenvalue weighted by Crippen LogP contribution is 2.59. The average molecular weight is 423 g/mol. The second-order valence-corrected chi connectivity index (χ2v) is 9.89. The maximum atomic E-state index is 13.4. The van der Waals surface area contributed by atoms with Crippen LogP contribution in [0, 0.1) is 29.1 Å². The van der Waals surface area contributed by atoms with Gasteiger partial charge in [-0.15, -0.1) is 0 Å². The molecule has 10 heteroatoms. The second-order valence-electron chi connectivity index (χ2n) is 9.07. The Hall–Kier alpha value is -0.970. The number of carbonyl (C=O) groups excluding carboxylic acids is 2. The third-order valence-corrected chi connectivity index (χ3v) is 7.09. The first-order chi connectivity index (χ1) is 13.0. The maximum Gasteiger partial charge on any atom is 0.415 e. The Morgan fingerprint density at radius 2 is 1.61 bits per heavy atom. The van der Waals surface area contributed by atoms with Gasteiger partial charge in [0.2, 0.25) is 0 Å². The highest BCUT2D eigenvalue weighted by Gasteiger charge is 2.58. The van der Waals surface area contributed by atoms with Crippen LogP contribution in [-0.4, -0.2) is 29.4 Å². The molecule has 7 nitrogen and oxygen atoms in total. The van der Waals surface area contributed by atoms with E-state index in [2.05, 4.69) is 14.1 Å². The van der Waals surface area contributed by atoms with Gasteiger partial charge in [0.25, 0.3) is 0 Å². The van der Waals surface area contributed by atoms with Gasteiger partial charge in [0.1, 0.15) is 24.3 Å². The highest BCUT2D eigenvalue weighted by molar-refractivity contribution is 7.96. The maximum absolute atomic E-state index is 13.4. The van der Waals surface area contributed by atoms with Crippen LogP contribution in [0.1, 0.15) is 52.9 Å². The van der Waals surface area contributed by atoms with Crippen molar-refractivity contribution in [3.63, 3.8) is 0 Å². The highest BCUT2D eigenvalue weighted by atomic mass is 32.2. The first-order valence-electron chi connectivity index (χ1n) is 9.40. The van der Waals surface area contributed by atoms with Gasteiger partial charge in [0.15, 0.2) is 0 Å².